The van der Waals surface area contributed by atoms with Crippen LogP contribution in [0.15, 0.2) is 24.3 Å². The highest BCUT2D eigenvalue weighted by Gasteiger charge is 2.12. The average molecular weight is 278 g/mol. The highest BCUT2D eigenvalue weighted by Crippen LogP contribution is 2.08. The Balaban J connectivity index is 2.59. The highest BCUT2D eigenvalue weighted by atomic mass is 16.4. The zero-order valence-corrected chi connectivity index (χ0v) is 11.5. The van der Waals surface area contributed by atoms with Crippen molar-refractivity contribution in [3.63, 3.8) is 0 Å². The van der Waals surface area contributed by atoms with Gasteiger partial charge in [-0.3, -0.25) is 14.4 Å². The van der Waals surface area contributed by atoms with Crippen LogP contribution in [0.4, 0.5) is 0 Å². The Labute approximate surface area is 117 Å². The average Bonchev–Trinajstić information content (AvgIpc) is 2.43. The van der Waals surface area contributed by atoms with Gasteiger partial charge in [-0.05, 0) is 24.1 Å². The van der Waals surface area contributed by atoms with Gasteiger partial charge in [0.15, 0.2) is 0 Å². The first-order chi connectivity index (χ1) is 9.43. The fourth-order valence-corrected chi connectivity index (χ4v) is 1.75. The summed E-state index contributed by atoms with van der Waals surface area (Å²) in [4.78, 5) is 34.9. The van der Waals surface area contributed by atoms with E-state index in [-0.39, 0.29) is 24.8 Å². The van der Waals surface area contributed by atoms with Crippen molar-refractivity contribution in [2.45, 2.75) is 12.8 Å². The van der Waals surface area contributed by atoms with Crippen molar-refractivity contribution in [1.82, 2.24) is 10.2 Å². The number of rotatable bonds is 6. The van der Waals surface area contributed by atoms with Gasteiger partial charge in [0.2, 0.25) is 5.91 Å². The minimum atomic E-state index is -1.04. The molecular formula is C14H18N2O4. The molecule has 2 N–H and O–H groups in total. The van der Waals surface area contributed by atoms with Crippen LogP contribution in [0.3, 0.4) is 0 Å². The summed E-state index contributed by atoms with van der Waals surface area (Å²) in [6.07, 6.45) is 0.675. The van der Waals surface area contributed by atoms with Crippen molar-refractivity contribution < 1.29 is 19.5 Å². The Bertz CT molecular complexity index is 514. The third-order valence-corrected chi connectivity index (χ3v) is 2.84. The van der Waals surface area contributed by atoms with Gasteiger partial charge in [-0.2, -0.15) is 0 Å². The molecule has 1 aromatic rings. The molecule has 0 aliphatic carbocycles. The summed E-state index contributed by atoms with van der Waals surface area (Å²) in [5.74, 6) is -1.46. The Hall–Kier alpha value is -2.37. The minimum absolute atomic E-state index is 0.179. The molecule has 0 spiro atoms. The predicted octanol–water partition coefficient (Wildman–Crippen LogP) is 0.522. The zero-order valence-electron chi connectivity index (χ0n) is 11.5. The van der Waals surface area contributed by atoms with Gasteiger partial charge >= 0.3 is 5.97 Å². The van der Waals surface area contributed by atoms with Crippen LogP contribution in [0.2, 0.25) is 0 Å². The van der Waals surface area contributed by atoms with Gasteiger partial charge < -0.3 is 15.3 Å². The fraction of sp³-hybridized carbons (Fsp3) is 0.357. The van der Waals surface area contributed by atoms with E-state index in [9.17, 15) is 14.4 Å². The molecule has 0 bridgehead atoms. The second kappa shape index (κ2) is 7.28. The molecule has 0 atom stereocenters. The maximum atomic E-state index is 11.7. The number of likely N-dealkylation sites (N-methyl/N-ethyl adjacent to an activating group) is 1. The Kier molecular flexibility index (Phi) is 5.71. The molecule has 0 saturated heterocycles. The normalized spacial score (nSPS) is 9.90. The second-order valence-electron chi connectivity index (χ2n) is 4.42. The maximum absolute atomic E-state index is 11.7. The van der Waals surface area contributed by atoms with Crippen LogP contribution in [0.25, 0.3) is 0 Å². The van der Waals surface area contributed by atoms with Crippen LogP contribution >= 0.6 is 0 Å². The van der Waals surface area contributed by atoms with Gasteiger partial charge in [0, 0.05) is 26.1 Å². The quantitative estimate of drug-likeness (QED) is 0.794. The van der Waals surface area contributed by atoms with Crippen molar-refractivity contribution in [2.75, 3.05) is 20.6 Å². The van der Waals surface area contributed by atoms with E-state index in [2.05, 4.69) is 5.32 Å². The van der Waals surface area contributed by atoms with E-state index in [1.54, 1.807) is 25.2 Å². The van der Waals surface area contributed by atoms with Gasteiger partial charge in [-0.25, -0.2) is 0 Å². The molecule has 0 aromatic heterocycles. The number of carboxylic acid groups (broad SMARTS) is 1. The Morgan fingerprint density at radius 3 is 2.60 bits per heavy atom. The molecule has 0 radical (unpaired) electrons. The molecule has 6 heteroatoms. The van der Waals surface area contributed by atoms with Gasteiger partial charge in [-0.1, -0.05) is 12.1 Å². The number of aliphatic carboxylic acids is 1. The number of nitrogens with zero attached hydrogens (tertiary/aromatic N) is 1. The molecule has 1 aromatic carbocycles. The van der Waals surface area contributed by atoms with Crippen molar-refractivity contribution in [2.24, 2.45) is 0 Å². The molecule has 0 saturated carbocycles. The number of carbonyl (C=O) groups is 3. The Morgan fingerprint density at radius 2 is 2.00 bits per heavy atom. The van der Waals surface area contributed by atoms with E-state index >= 15 is 0 Å². The summed E-state index contributed by atoms with van der Waals surface area (Å²) in [5, 5.41) is 11.1. The number of carboxylic acids is 1. The van der Waals surface area contributed by atoms with E-state index < -0.39 is 5.97 Å². The number of hydrogen-bond donors (Lipinski definition) is 2. The standard InChI is InChI=1S/C14H18N2O4/c1-15-14(20)11-5-3-4-10(8-11)6-7-12(17)16(2)9-13(18)19/h3-5,8H,6-7,9H2,1-2H3,(H,15,20)(H,18,19). The predicted molar refractivity (Wildman–Crippen MR) is 73.4 cm³/mol. The third kappa shape index (κ3) is 4.72. The van der Waals surface area contributed by atoms with Crippen molar-refractivity contribution in [3.05, 3.63) is 35.4 Å². The number of benzene rings is 1. The van der Waals surface area contributed by atoms with Gasteiger partial charge in [-0.15, -0.1) is 0 Å². The SMILES string of the molecule is CNC(=O)c1cccc(CCC(=O)N(C)CC(=O)O)c1. The van der Waals surface area contributed by atoms with Crippen LogP contribution in [0.5, 0.6) is 0 Å². The van der Waals surface area contributed by atoms with E-state index in [1.807, 2.05) is 6.07 Å². The van der Waals surface area contributed by atoms with Crippen molar-refractivity contribution in [1.29, 1.82) is 0 Å². The van der Waals surface area contributed by atoms with Crippen LogP contribution in [-0.2, 0) is 16.0 Å². The molecule has 1 rings (SSSR count). The molecule has 2 amide bonds. The zero-order chi connectivity index (χ0) is 15.1. The summed E-state index contributed by atoms with van der Waals surface area (Å²) in [5.41, 5.74) is 1.40. The summed E-state index contributed by atoms with van der Waals surface area (Å²) in [6, 6.07) is 7.01. The molecule has 6 nitrogen and oxygen atoms in total. The molecule has 0 unspecified atom stereocenters. The van der Waals surface area contributed by atoms with E-state index in [1.165, 1.54) is 11.9 Å². The van der Waals surface area contributed by atoms with E-state index in [0.717, 1.165) is 5.56 Å². The molecular weight excluding hydrogens is 260 g/mol. The first kappa shape index (κ1) is 15.7. The van der Waals surface area contributed by atoms with Crippen LogP contribution in [-0.4, -0.2) is 48.4 Å². The summed E-state index contributed by atoms with van der Waals surface area (Å²) >= 11 is 0. The number of nitrogens with one attached hydrogen (secondary N) is 1. The molecule has 0 heterocycles. The molecule has 20 heavy (non-hydrogen) atoms. The lowest BCUT2D eigenvalue weighted by molar-refractivity contribution is -0.143. The van der Waals surface area contributed by atoms with E-state index in [4.69, 9.17) is 5.11 Å². The van der Waals surface area contributed by atoms with E-state index in [0.29, 0.717) is 12.0 Å². The number of hydrogen-bond acceptors (Lipinski definition) is 3. The number of amides is 2. The maximum Gasteiger partial charge on any atom is 0.323 e. The van der Waals surface area contributed by atoms with Crippen LogP contribution < -0.4 is 5.32 Å². The van der Waals surface area contributed by atoms with Crippen molar-refractivity contribution >= 4 is 17.8 Å². The topological polar surface area (TPSA) is 86.7 Å². The molecule has 0 aliphatic heterocycles. The molecule has 108 valence electrons. The van der Waals surface area contributed by atoms with Gasteiger partial charge in [0.05, 0.1) is 0 Å². The second-order valence-corrected chi connectivity index (χ2v) is 4.42. The first-order valence-electron chi connectivity index (χ1n) is 6.21. The highest BCUT2D eigenvalue weighted by molar-refractivity contribution is 5.94. The lowest BCUT2D eigenvalue weighted by Gasteiger charge is -2.14. The lowest BCUT2D eigenvalue weighted by Crippen LogP contribution is -2.32. The summed E-state index contributed by atoms with van der Waals surface area (Å²) < 4.78 is 0. The fourth-order valence-electron chi connectivity index (χ4n) is 1.75. The summed E-state index contributed by atoms with van der Waals surface area (Å²) in [6.45, 7) is -0.308. The molecule has 0 fully saturated rings. The van der Waals surface area contributed by atoms with Crippen LogP contribution in [0.1, 0.15) is 22.3 Å². The first-order valence-corrected chi connectivity index (χ1v) is 6.21. The monoisotopic (exact) mass is 278 g/mol. The summed E-state index contributed by atoms with van der Waals surface area (Å²) in [7, 11) is 3.01. The van der Waals surface area contributed by atoms with Crippen molar-refractivity contribution in [3.8, 4) is 0 Å². The number of carbonyl (C=O) groups excluding carboxylic acids is 2. The minimum Gasteiger partial charge on any atom is -0.480 e. The lowest BCUT2D eigenvalue weighted by atomic mass is 10.1. The van der Waals surface area contributed by atoms with Gasteiger partial charge in [0.1, 0.15) is 6.54 Å². The Morgan fingerprint density at radius 1 is 1.30 bits per heavy atom. The third-order valence-electron chi connectivity index (χ3n) is 2.84. The van der Waals surface area contributed by atoms with Crippen LogP contribution in [0, 0.1) is 0 Å². The smallest absolute Gasteiger partial charge is 0.323 e. The molecule has 0 aliphatic rings. The largest absolute Gasteiger partial charge is 0.480 e. The van der Waals surface area contributed by atoms with Gasteiger partial charge in [0.25, 0.3) is 5.91 Å². The number of aryl methyl sites for hydroxylation is 1.